The second-order valence-electron chi connectivity index (χ2n) is 11.7. The number of nitrogens with zero attached hydrogens (tertiary/aromatic N) is 4. The summed E-state index contributed by atoms with van der Waals surface area (Å²) >= 11 is 0. The summed E-state index contributed by atoms with van der Waals surface area (Å²) in [5.41, 5.74) is 5.03. The van der Waals surface area contributed by atoms with Crippen LogP contribution in [0.15, 0.2) is 109 Å². The van der Waals surface area contributed by atoms with Crippen molar-refractivity contribution < 1.29 is 19.5 Å². The SMILES string of the molecule is O=C(O)[C@@H]1[C@H]2CCC[C@@H](CN1C(=O)N1c3ccccc3CCc3ccccc31)N2C(=O)N(c1ccccc1)c1ccccc1. The number of hydrogen-bond acceptors (Lipinski definition) is 3. The zero-order chi connectivity index (χ0) is 30.2. The highest BCUT2D eigenvalue weighted by atomic mass is 16.4. The Kier molecular flexibility index (Phi) is 7.26. The summed E-state index contributed by atoms with van der Waals surface area (Å²) in [5, 5.41) is 10.7. The summed E-state index contributed by atoms with van der Waals surface area (Å²) in [4.78, 5) is 49.0. The average Bonchev–Trinajstić information content (AvgIpc) is 3.22. The Labute approximate surface area is 256 Å². The number of piperidine rings is 1. The maximum Gasteiger partial charge on any atom is 0.330 e. The Balaban J connectivity index is 1.28. The second-order valence-corrected chi connectivity index (χ2v) is 11.7. The first-order valence-corrected chi connectivity index (χ1v) is 15.2. The van der Waals surface area contributed by atoms with E-state index in [9.17, 15) is 19.5 Å². The quantitative estimate of drug-likeness (QED) is 0.280. The standard InChI is InChI=1S/C36H34N4O4/c41-34(42)33-32-21-11-18-29(39(32)36(44)38(27-14-3-1-4-15-27)28-16-5-2-6-17-28)24-37(33)35(43)40-30-19-9-7-12-25(30)22-23-26-13-8-10-20-31(26)40/h1-10,12-17,19-20,29,32-33H,11,18,21-24H2,(H,41,42)/t29-,32+,33-/m0/s1. The predicted octanol–water partition coefficient (Wildman–Crippen LogP) is 6.99. The lowest BCUT2D eigenvalue weighted by Gasteiger charge is -2.54. The van der Waals surface area contributed by atoms with Gasteiger partial charge in [-0.25, -0.2) is 14.4 Å². The Morgan fingerprint density at radius 2 is 1.20 bits per heavy atom. The van der Waals surface area contributed by atoms with Gasteiger partial charge in [-0.15, -0.1) is 0 Å². The van der Waals surface area contributed by atoms with Crippen molar-refractivity contribution in [3.63, 3.8) is 0 Å². The van der Waals surface area contributed by atoms with Crippen molar-refractivity contribution in [1.82, 2.24) is 9.80 Å². The van der Waals surface area contributed by atoms with E-state index in [0.717, 1.165) is 41.8 Å². The summed E-state index contributed by atoms with van der Waals surface area (Å²) in [7, 11) is 0. The third-order valence-electron chi connectivity index (χ3n) is 9.16. The van der Waals surface area contributed by atoms with Crippen LogP contribution in [-0.2, 0) is 17.6 Å². The Hall–Kier alpha value is -5.11. The molecule has 3 aliphatic rings. The maximum atomic E-state index is 14.7. The molecule has 2 saturated heterocycles. The van der Waals surface area contributed by atoms with Gasteiger partial charge in [0.05, 0.1) is 34.8 Å². The van der Waals surface area contributed by atoms with Crippen LogP contribution in [0.25, 0.3) is 0 Å². The number of rotatable bonds is 3. The molecule has 0 radical (unpaired) electrons. The molecule has 44 heavy (non-hydrogen) atoms. The molecular formula is C36H34N4O4. The molecular weight excluding hydrogens is 552 g/mol. The number of carboxylic acid groups (broad SMARTS) is 1. The molecule has 3 atom stereocenters. The smallest absolute Gasteiger partial charge is 0.330 e. The lowest BCUT2D eigenvalue weighted by Crippen LogP contribution is -2.72. The fraction of sp³-hybridized carbons (Fsp3) is 0.250. The molecule has 0 unspecified atom stereocenters. The van der Waals surface area contributed by atoms with E-state index in [1.165, 1.54) is 4.90 Å². The molecule has 0 saturated carbocycles. The first-order valence-electron chi connectivity index (χ1n) is 15.2. The number of hydrogen-bond donors (Lipinski definition) is 1. The van der Waals surface area contributed by atoms with Crippen LogP contribution in [0.4, 0.5) is 32.3 Å². The number of aliphatic carboxylic acids is 1. The monoisotopic (exact) mass is 586 g/mol. The van der Waals surface area contributed by atoms with E-state index in [4.69, 9.17) is 0 Å². The minimum Gasteiger partial charge on any atom is -0.480 e. The number of piperazine rings is 1. The molecule has 4 amide bonds. The number of para-hydroxylation sites is 4. The lowest BCUT2D eigenvalue weighted by molar-refractivity contribution is -0.148. The van der Waals surface area contributed by atoms with E-state index in [1.807, 2.05) is 109 Å². The number of benzene rings is 4. The Morgan fingerprint density at radius 3 is 1.75 bits per heavy atom. The number of carbonyl (C=O) groups excluding carboxylic acids is 2. The average molecular weight is 587 g/mol. The zero-order valence-corrected chi connectivity index (χ0v) is 24.3. The second kappa shape index (κ2) is 11.5. The van der Waals surface area contributed by atoms with Crippen molar-refractivity contribution in [2.75, 3.05) is 16.3 Å². The number of aryl methyl sites for hydroxylation is 2. The van der Waals surface area contributed by atoms with Crippen LogP contribution in [-0.4, -0.2) is 57.6 Å². The fourth-order valence-corrected chi connectivity index (χ4v) is 7.20. The minimum absolute atomic E-state index is 0.135. The molecule has 8 heteroatoms. The number of carboxylic acids is 1. The van der Waals surface area contributed by atoms with E-state index >= 15 is 0 Å². The third kappa shape index (κ3) is 4.76. The van der Waals surface area contributed by atoms with Gasteiger partial charge in [0.2, 0.25) is 0 Å². The topological polar surface area (TPSA) is 84.4 Å². The minimum atomic E-state index is -1.20. The zero-order valence-electron chi connectivity index (χ0n) is 24.3. The number of urea groups is 2. The van der Waals surface area contributed by atoms with Crippen LogP contribution in [0, 0.1) is 0 Å². The normalized spacial score (nSPS) is 20.6. The van der Waals surface area contributed by atoms with Gasteiger partial charge in [-0.05, 0) is 79.6 Å². The molecule has 2 fully saturated rings. The third-order valence-corrected chi connectivity index (χ3v) is 9.16. The van der Waals surface area contributed by atoms with Crippen molar-refractivity contribution in [3.8, 4) is 0 Å². The Bertz CT molecular complexity index is 1610. The molecule has 1 N–H and O–H groups in total. The van der Waals surface area contributed by atoms with E-state index in [-0.39, 0.29) is 24.6 Å². The van der Waals surface area contributed by atoms with E-state index in [2.05, 4.69) is 0 Å². The van der Waals surface area contributed by atoms with Crippen molar-refractivity contribution >= 4 is 40.8 Å². The maximum absolute atomic E-state index is 14.7. The molecule has 3 aliphatic heterocycles. The largest absolute Gasteiger partial charge is 0.480 e. The van der Waals surface area contributed by atoms with Gasteiger partial charge >= 0.3 is 18.0 Å². The van der Waals surface area contributed by atoms with E-state index in [0.29, 0.717) is 24.2 Å². The molecule has 2 bridgehead atoms. The van der Waals surface area contributed by atoms with Gasteiger partial charge in [-0.3, -0.25) is 9.80 Å². The Morgan fingerprint density at radius 1 is 0.682 bits per heavy atom. The molecule has 8 nitrogen and oxygen atoms in total. The fourth-order valence-electron chi connectivity index (χ4n) is 7.20. The van der Waals surface area contributed by atoms with Gasteiger partial charge in [0.15, 0.2) is 6.04 Å². The van der Waals surface area contributed by atoms with Crippen LogP contribution in [0.3, 0.4) is 0 Å². The first kappa shape index (κ1) is 27.7. The highest BCUT2D eigenvalue weighted by molar-refractivity contribution is 6.04. The van der Waals surface area contributed by atoms with Gasteiger partial charge in [0.1, 0.15) is 0 Å². The summed E-state index contributed by atoms with van der Waals surface area (Å²) < 4.78 is 0. The lowest BCUT2D eigenvalue weighted by atomic mass is 9.86. The molecule has 3 heterocycles. The van der Waals surface area contributed by atoms with Crippen molar-refractivity contribution in [3.05, 3.63) is 120 Å². The number of anilines is 4. The highest BCUT2D eigenvalue weighted by Crippen LogP contribution is 2.41. The summed E-state index contributed by atoms with van der Waals surface area (Å²) in [6.45, 7) is 0.135. The van der Waals surface area contributed by atoms with Crippen LogP contribution < -0.4 is 9.80 Å². The molecule has 0 spiro atoms. The van der Waals surface area contributed by atoms with E-state index in [1.54, 1.807) is 14.7 Å². The number of likely N-dealkylation sites (tertiary alicyclic amines) is 1. The molecule has 4 aromatic rings. The van der Waals surface area contributed by atoms with Gasteiger partial charge in [0.25, 0.3) is 0 Å². The van der Waals surface area contributed by atoms with Crippen molar-refractivity contribution in [2.24, 2.45) is 0 Å². The summed E-state index contributed by atoms with van der Waals surface area (Å²) in [6.07, 6.45) is 3.52. The molecule has 0 aliphatic carbocycles. The van der Waals surface area contributed by atoms with Crippen molar-refractivity contribution in [2.45, 2.75) is 50.2 Å². The van der Waals surface area contributed by atoms with Gasteiger partial charge in [-0.1, -0.05) is 72.8 Å². The molecule has 222 valence electrons. The number of amides is 4. The molecule has 4 aromatic carbocycles. The first-order chi connectivity index (χ1) is 21.5. The van der Waals surface area contributed by atoms with Crippen LogP contribution in [0.5, 0.6) is 0 Å². The summed E-state index contributed by atoms with van der Waals surface area (Å²) in [5.74, 6) is -1.11. The van der Waals surface area contributed by atoms with Gasteiger partial charge < -0.3 is 14.9 Å². The van der Waals surface area contributed by atoms with Crippen LogP contribution in [0.2, 0.25) is 0 Å². The van der Waals surface area contributed by atoms with Crippen molar-refractivity contribution in [1.29, 1.82) is 0 Å². The highest BCUT2D eigenvalue weighted by Gasteiger charge is 2.53. The summed E-state index contributed by atoms with van der Waals surface area (Å²) in [6, 6.07) is 31.7. The molecule has 0 aromatic heterocycles. The van der Waals surface area contributed by atoms with Gasteiger partial charge in [-0.2, -0.15) is 0 Å². The predicted molar refractivity (Wildman–Crippen MR) is 170 cm³/mol. The van der Waals surface area contributed by atoms with Crippen LogP contribution >= 0.6 is 0 Å². The van der Waals surface area contributed by atoms with E-state index < -0.39 is 18.1 Å². The van der Waals surface area contributed by atoms with Crippen LogP contribution in [0.1, 0.15) is 30.4 Å². The van der Waals surface area contributed by atoms with Gasteiger partial charge in [0, 0.05) is 6.54 Å². The number of fused-ring (bicyclic) bond motifs is 4. The number of carbonyl (C=O) groups is 3. The molecule has 7 rings (SSSR count).